The number of hydrogen-bond acceptors (Lipinski definition) is 4. The molecule has 5 aromatic rings. The predicted molar refractivity (Wildman–Crippen MR) is 506 cm³/mol. The van der Waals surface area contributed by atoms with E-state index in [1.807, 2.05) is 201 Å². The summed E-state index contributed by atoms with van der Waals surface area (Å²) in [6, 6.07) is 37.4. The topological polar surface area (TPSA) is 38.2 Å². The van der Waals surface area contributed by atoms with E-state index < -0.39 is 0 Å². The summed E-state index contributed by atoms with van der Waals surface area (Å²) in [5, 5.41) is 0. The summed E-state index contributed by atoms with van der Waals surface area (Å²) in [6.07, 6.45) is 49.9. The van der Waals surface area contributed by atoms with Crippen molar-refractivity contribution in [3.63, 3.8) is 0 Å². The summed E-state index contributed by atoms with van der Waals surface area (Å²) in [4.78, 5) is 10.3. The van der Waals surface area contributed by atoms with Crippen molar-refractivity contribution in [1.82, 2.24) is 14.9 Å². The molecule has 3 aromatic carbocycles. The Hall–Kier alpha value is -5.32. The number of pyridine rings is 2. The number of rotatable bonds is 1. The fourth-order valence-corrected chi connectivity index (χ4v) is 11.1. The maximum absolute atomic E-state index is 5.49. The first-order chi connectivity index (χ1) is 51.5. The van der Waals surface area contributed by atoms with Gasteiger partial charge in [0.05, 0.1) is 12.3 Å². The lowest BCUT2D eigenvalue weighted by molar-refractivity contribution is 0.0198. The third-order valence-corrected chi connectivity index (χ3v) is 15.2. The Morgan fingerprint density at radius 1 is 0.421 bits per heavy atom. The van der Waals surface area contributed by atoms with Crippen LogP contribution in [0.2, 0.25) is 0 Å². The first-order valence-corrected chi connectivity index (χ1v) is 44.4. The molecule has 0 N–H and O–H groups in total. The van der Waals surface area contributed by atoms with Crippen molar-refractivity contribution in [3.8, 4) is 5.75 Å². The molecule has 0 radical (unpaired) electrons. The molecule has 4 heterocycles. The number of likely N-dealkylation sites (tertiary alicyclic amines) is 1. The van der Waals surface area contributed by atoms with Crippen molar-refractivity contribution in [2.24, 2.45) is 23.7 Å². The lowest BCUT2D eigenvalue weighted by Gasteiger charge is -2.49. The summed E-state index contributed by atoms with van der Waals surface area (Å²) in [6.45, 7) is 73.5. The van der Waals surface area contributed by atoms with Gasteiger partial charge in [0.25, 0.3) is 0 Å². The molecule has 2 aromatic heterocycles. The van der Waals surface area contributed by atoms with Crippen LogP contribution in [0.15, 0.2) is 170 Å². The van der Waals surface area contributed by atoms with E-state index in [2.05, 4.69) is 220 Å². The Morgan fingerprint density at radius 3 is 1.09 bits per heavy atom. The Bertz CT molecular complexity index is 2270. The molecule has 5 fully saturated rings. The van der Waals surface area contributed by atoms with Crippen LogP contribution < -0.4 is 4.74 Å². The van der Waals surface area contributed by atoms with Gasteiger partial charge in [-0.3, -0.25) is 9.97 Å². The summed E-state index contributed by atoms with van der Waals surface area (Å²) >= 11 is 0. The quantitative estimate of drug-likeness (QED) is 0.157. The van der Waals surface area contributed by atoms with Crippen molar-refractivity contribution in [3.05, 3.63) is 204 Å². The average molecular weight is 1490 g/mol. The lowest BCUT2D eigenvalue weighted by Crippen LogP contribution is -2.38. The molecule has 4 saturated carbocycles. The predicted octanol–water partition coefficient (Wildman–Crippen LogP) is 35.9. The zero-order valence-electron chi connectivity index (χ0n) is 77.3. The molecule has 2 aliphatic heterocycles. The van der Waals surface area contributed by atoms with E-state index >= 15 is 0 Å². The van der Waals surface area contributed by atoms with Crippen molar-refractivity contribution in [2.75, 3.05) is 26.7 Å². The molecule has 15 rings (SSSR count). The second-order valence-corrected chi connectivity index (χ2v) is 24.2. The Balaban J connectivity index is -0.0000000907. The minimum Gasteiger partial charge on any atom is -0.493 e. The van der Waals surface area contributed by atoms with Crippen LogP contribution in [0, 0.1) is 23.7 Å². The molecule has 0 spiro atoms. The highest BCUT2D eigenvalue weighted by Gasteiger charge is 2.41. The first kappa shape index (κ1) is 128. The normalized spacial score (nSPS) is 16.7. The zero-order chi connectivity index (χ0) is 82.6. The average Bonchev–Trinajstić information content (AvgIpc) is 1.79. The Kier molecular flexibility index (Phi) is 134. The fraction of sp³-hybridized carbons (Fsp3) is 0.650. The summed E-state index contributed by atoms with van der Waals surface area (Å²) in [5.74, 6) is 7.91. The van der Waals surface area contributed by atoms with Gasteiger partial charge in [-0.05, 0) is 210 Å². The van der Waals surface area contributed by atoms with Gasteiger partial charge < -0.3 is 9.64 Å². The van der Waals surface area contributed by atoms with Crippen LogP contribution in [0.5, 0.6) is 5.75 Å². The molecule has 10 aliphatic rings. The summed E-state index contributed by atoms with van der Waals surface area (Å²) in [7, 11) is 2.14. The van der Waals surface area contributed by atoms with Crippen molar-refractivity contribution >= 4 is 6.08 Å². The summed E-state index contributed by atoms with van der Waals surface area (Å²) < 4.78 is 5.49. The molecular formula is C103H195N3O. The van der Waals surface area contributed by atoms with Gasteiger partial charge in [-0.1, -0.05) is 409 Å². The molecule has 628 valence electrons. The highest BCUT2D eigenvalue weighted by molar-refractivity contribution is 5.57. The van der Waals surface area contributed by atoms with E-state index in [-0.39, 0.29) is 14.9 Å². The van der Waals surface area contributed by atoms with Gasteiger partial charge in [0.15, 0.2) is 0 Å². The highest BCUT2D eigenvalue weighted by Crippen LogP contribution is 2.53. The second-order valence-electron chi connectivity index (χ2n) is 24.2. The monoisotopic (exact) mass is 1490 g/mol. The van der Waals surface area contributed by atoms with Crippen LogP contribution in [-0.4, -0.2) is 41.6 Å². The van der Waals surface area contributed by atoms with Gasteiger partial charge in [-0.2, -0.15) is 0 Å². The van der Waals surface area contributed by atoms with Crippen molar-refractivity contribution < 1.29 is 4.74 Å². The van der Waals surface area contributed by atoms with Crippen molar-refractivity contribution in [2.45, 2.75) is 396 Å². The number of hydrogen-bond donors (Lipinski definition) is 0. The van der Waals surface area contributed by atoms with Crippen LogP contribution in [0.4, 0.5) is 0 Å². The number of ether oxygens (including phenoxy) is 1. The van der Waals surface area contributed by atoms with E-state index in [9.17, 15) is 0 Å². The second kappa shape index (κ2) is 112. The Labute approximate surface area is 678 Å². The highest BCUT2D eigenvalue weighted by atomic mass is 16.5. The third-order valence-electron chi connectivity index (χ3n) is 15.2. The van der Waals surface area contributed by atoms with Crippen LogP contribution in [0.3, 0.4) is 0 Å². The number of para-hydroxylation sites is 1. The minimum absolute atomic E-state index is 0. The number of aromatic nitrogens is 2. The molecular weight excluding hydrogens is 1300 g/mol. The fourth-order valence-electron chi connectivity index (χ4n) is 11.1. The van der Waals surface area contributed by atoms with Crippen LogP contribution in [0.25, 0.3) is 6.08 Å². The molecule has 4 nitrogen and oxygen atoms in total. The van der Waals surface area contributed by atoms with E-state index in [1.165, 1.54) is 130 Å². The Morgan fingerprint density at radius 2 is 0.794 bits per heavy atom. The number of allylic oxidation sites excluding steroid dienone is 7. The molecule has 107 heavy (non-hydrogen) atoms. The van der Waals surface area contributed by atoms with E-state index in [0.717, 1.165) is 37.5 Å². The van der Waals surface area contributed by atoms with Crippen molar-refractivity contribution in [1.29, 1.82) is 0 Å². The SMILES string of the molecule is C.C.C1=CCC=C1.C1=CCCCC1.C1=Cc2cccnc2C1.C1C2CC3CC1CC(C2)C3.CC.CC.CC.CC.CC.CC.CC.CC.CC.CC.CC.CC(C)c1ccccc1.CC1CCOc2ccccc21.CC1CCc2ccccc21.CCC.CCC.CCC.CCC.CN1CCC1.c1ccncc1. The lowest BCUT2D eigenvalue weighted by atomic mass is 9.56. The van der Waals surface area contributed by atoms with Crippen LogP contribution >= 0.6 is 0 Å². The van der Waals surface area contributed by atoms with Gasteiger partial charge in [-0.25, -0.2) is 0 Å². The van der Waals surface area contributed by atoms with Gasteiger partial charge in [0, 0.05) is 25.0 Å². The van der Waals surface area contributed by atoms with E-state index in [1.54, 1.807) is 62.0 Å². The molecule has 4 heteroatoms. The minimum atomic E-state index is 0. The number of aryl methyl sites for hydroxylation is 1. The molecule has 2 unspecified atom stereocenters. The van der Waals surface area contributed by atoms with Gasteiger partial charge in [0.1, 0.15) is 5.75 Å². The largest absolute Gasteiger partial charge is 0.493 e. The van der Waals surface area contributed by atoms with Gasteiger partial charge >= 0.3 is 0 Å². The molecule has 1 saturated heterocycles. The van der Waals surface area contributed by atoms with E-state index in [0.29, 0.717) is 11.8 Å². The molecule has 8 aliphatic carbocycles. The molecule has 2 atom stereocenters. The smallest absolute Gasteiger partial charge is 0.122 e. The maximum atomic E-state index is 5.49. The van der Waals surface area contributed by atoms with Crippen LogP contribution in [0.1, 0.15) is 417 Å². The number of benzene rings is 3. The molecule has 0 amide bonds. The van der Waals surface area contributed by atoms with E-state index in [4.69, 9.17) is 4.74 Å². The van der Waals surface area contributed by atoms with Gasteiger partial charge in [0.2, 0.25) is 0 Å². The first-order valence-electron chi connectivity index (χ1n) is 44.4. The van der Waals surface area contributed by atoms with Gasteiger partial charge in [-0.15, -0.1) is 0 Å². The zero-order valence-corrected chi connectivity index (χ0v) is 77.3. The standard InChI is InChI=1S/C10H12O.C10H16.C10H12.C9H12.C8H7N.C6H10.C5H5N.C5H6.C4H9N.4C3H8.11C2H6.2CH4/c1-8-6-7-11-10-5-3-2-4-9(8)10;1-7-2-9-4-8(1)5-10(3-7)6-9;1-8-6-7-9-4-2-3-5-10(8)9;1-8(2)9-6-4-3-5-7-9;1-3-7-4-2-6-9-8(7)5-1;2*1-2-4-6-5-3-1;1-2-4-5-3-1;1-5-3-2-4-5;4*1-3-2;11*1-2;;/h2-5,8H,6-7H2,1H3;7-10H,1-6H2;2-5,8H,6-7H2,1H3;3-8H,1-2H3;1-4,6H,5H2;1-2H,3-6H2;1-5H;1-4H,5H2;2-4H2,1H3;4*3H2,1-2H3;11*1-2H3;2*1H4. The number of nitrogens with zero attached hydrogens (tertiary/aromatic N) is 3. The maximum Gasteiger partial charge on any atom is 0.122 e. The van der Waals surface area contributed by atoms with Crippen LogP contribution in [-0.2, 0) is 12.8 Å². The number of fused-ring (bicyclic) bond motifs is 3. The third kappa shape index (κ3) is 78.6. The summed E-state index contributed by atoms with van der Waals surface area (Å²) in [5.41, 5.74) is 8.39. The molecule has 4 bridgehead atoms.